The van der Waals surface area contributed by atoms with E-state index in [2.05, 4.69) is 10.3 Å². The van der Waals surface area contributed by atoms with E-state index in [1.165, 1.54) is 12.7 Å². The van der Waals surface area contributed by atoms with E-state index in [1.807, 2.05) is 41.1 Å². The number of urea groups is 1. The molecule has 0 aliphatic heterocycles. The predicted molar refractivity (Wildman–Crippen MR) is 106 cm³/mol. The van der Waals surface area contributed by atoms with E-state index in [-0.39, 0.29) is 11.8 Å². The largest absolute Gasteiger partial charge is 0.504 e. The number of methoxy groups -OCH3 is 1. The third-order valence-electron chi connectivity index (χ3n) is 4.40. The molecular weight excluding hydrogens is 356 g/mol. The average Bonchev–Trinajstić information content (AvgIpc) is 3.20. The van der Waals surface area contributed by atoms with Crippen LogP contribution in [0.25, 0.3) is 0 Å². The highest BCUT2D eigenvalue weighted by Gasteiger charge is 2.10. The van der Waals surface area contributed by atoms with Gasteiger partial charge in [0.1, 0.15) is 0 Å². The van der Waals surface area contributed by atoms with Gasteiger partial charge in [-0.2, -0.15) is 0 Å². The zero-order valence-corrected chi connectivity index (χ0v) is 16.0. The second-order valence-electron chi connectivity index (χ2n) is 6.57. The minimum atomic E-state index is -0.183. The van der Waals surface area contributed by atoms with Gasteiger partial charge in [0.15, 0.2) is 11.5 Å². The van der Waals surface area contributed by atoms with Gasteiger partial charge < -0.3 is 24.6 Å². The maximum atomic E-state index is 12.3. The number of hydrogen-bond acceptors (Lipinski definition) is 4. The molecule has 1 aromatic heterocycles. The zero-order chi connectivity index (χ0) is 19.9. The van der Waals surface area contributed by atoms with Crippen molar-refractivity contribution in [2.45, 2.75) is 19.6 Å². The average molecular weight is 380 g/mol. The molecule has 1 heterocycles. The number of imidazole rings is 1. The normalized spacial score (nSPS) is 10.5. The van der Waals surface area contributed by atoms with Gasteiger partial charge in [-0.1, -0.05) is 30.3 Å². The number of aromatic nitrogens is 2. The van der Waals surface area contributed by atoms with Crippen molar-refractivity contribution in [1.82, 2.24) is 19.8 Å². The Balaban J connectivity index is 1.49. The maximum absolute atomic E-state index is 12.3. The number of aromatic hydroxyl groups is 1. The van der Waals surface area contributed by atoms with E-state index >= 15 is 0 Å². The van der Waals surface area contributed by atoms with Crippen LogP contribution in [-0.4, -0.2) is 39.7 Å². The Hall–Kier alpha value is -3.48. The zero-order valence-electron chi connectivity index (χ0n) is 16.0. The van der Waals surface area contributed by atoms with Crippen LogP contribution in [0.1, 0.15) is 16.7 Å². The molecule has 0 saturated carbocycles. The molecular formula is C21H24N4O3. The lowest BCUT2D eigenvalue weighted by Gasteiger charge is -2.18. The number of phenolic OH excluding ortho intramolecular Hbond substituents is 1. The molecule has 7 heteroatoms. The minimum Gasteiger partial charge on any atom is -0.504 e. The molecule has 0 unspecified atom stereocenters. The first-order chi connectivity index (χ1) is 13.5. The molecule has 0 bridgehead atoms. The van der Waals surface area contributed by atoms with Gasteiger partial charge in [-0.15, -0.1) is 0 Å². The number of hydrogen-bond donors (Lipinski definition) is 2. The lowest BCUT2D eigenvalue weighted by molar-refractivity contribution is 0.206. The number of nitrogens with zero attached hydrogens (tertiary/aromatic N) is 3. The third-order valence-corrected chi connectivity index (χ3v) is 4.40. The van der Waals surface area contributed by atoms with Gasteiger partial charge in [-0.05, 0) is 28.8 Å². The topological polar surface area (TPSA) is 79.6 Å². The van der Waals surface area contributed by atoms with Crippen molar-refractivity contribution in [2.24, 2.45) is 0 Å². The smallest absolute Gasteiger partial charge is 0.317 e. The fourth-order valence-electron chi connectivity index (χ4n) is 2.85. The van der Waals surface area contributed by atoms with Crippen LogP contribution in [0.15, 0.2) is 61.2 Å². The summed E-state index contributed by atoms with van der Waals surface area (Å²) in [5.41, 5.74) is 3.02. The molecule has 7 nitrogen and oxygen atoms in total. The van der Waals surface area contributed by atoms with Crippen LogP contribution in [0.3, 0.4) is 0 Å². The van der Waals surface area contributed by atoms with Gasteiger partial charge in [-0.25, -0.2) is 9.78 Å². The van der Waals surface area contributed by atoms with Gasteiger partial charge in [0.2, 0.25) is 0 Å². The van der Waals surface area contributed by atoms with Crippen molar-refractivity contribution in [2.75, 3.05) is 14.2 Å². The summed E-state index contributed by atoms with van der Waals surface area (Å²) < 4.78 is 7.03. The molecule has 0 fully saturated rings. The Morgan fingerprint density at radius 2 is 1.89 bits per heavy atom. The number of phenols is 1. The Morgan fingerprint density at radius 1 is 1.18 bits per heavy atom. The number of ether oxygens (including phenoxy) is 1. The monoisotopic (exact) mass is 380 g/mol. The second-order valence-corrected chi connectivity index (χ2v) is 6.57. The molecule has 0 atom stereocenters. The molecule has 2 aromatic carbocycles. The summed E-state index contributed by atoms with van der Waals surface area (Å²) in [5, 5.41) is 12.8. The van der Waals surface area contributed by atoms with Crippen molar-refractivity contribution in [3.63, 3.8) is 0 Å². The summed E-state index contributed by atoms with van der Waals surface area (Å²) in [6.45, 7) is 1.60. The van der Waals surface area contributed by atoms with Gasteiger partial charge in [0, 0.05) is 39.1 Å². The molecule has 0 saturated heterocycles. The number of carbonyl (C=O) groups excluding carboxylic acids is 1. The fraction of sp³-hybridized carbons (Fsp3) is 0.238. The summed E-state index contributed by atoms with van der Waals surface area (Å²) >= 11 is 0. The van der Waals surface area contributed by atoms with Crippen molar-refractivity contribution in [1.29, 1.82) is 0 Å². The molecule has 0 spiro atoms. The first-order valence-electron chi connectivity index (χ1n) is 8.93. The summed E-state index contributed by atoms with van der Waals surface area (Å²) in [6, 6.07) is 13.0. The van der Waals surface area contributed by atoms with Crippen molar-refractivity contribution >= 4 is 6.03 Å². The van der Waals surface area contributed by atoms with Gasteiger partial charge >= 0.3 is 6.03 Å². The Kier molecular flexibility index (Phi) is 6.16. The van der Waals surface area contributed by atoms with Crippen molar-refractivity contribution < 1.29 is 14.6 Å². The van der Waals surface area contributed by atoms with Gasteiger partial charge in [-0.3, -0.25) is 0 Å². The van der Waals surface area contributed by atoms with Crippen LogP contribution in [0.4, 0.5) is 4.79 Å². The minimum absolute atomic E-state index is 0.0598. The van der Waals surface area contributed by atoms with Gasteiger partial charge in [0.25, 0.3) is 0 Å². The molecule has 3 aromatic rings. The lowest BCUT2D eigenvalue weighted by Crippen LogP contribution is -2.36. The molecule has 3 rings (SSSR count). The van der Waals surface area contributed by atoms with Crippen molar-refractivity contribution in [3.05, 3.63) is 77.9 Å². The van der Waals surface area contributed by atoms with Crippen LogP contribution in [0.5, 0.6) is 11.5 Å². The van der Waals surface area contributed by atoms with E-state index in [1.54, 1.807) is 36.6 Å². The SMILES string of the molecule is COc1ccc(CN(C)C(=O)NCc2ccc(Cn3ccnc3)cc2)cc1O. The van der Waals surface area contributed by atoms with E-state index in [9.17, 15) is 9.90 Å². The first kappa shape index (κ1) is 19.3. The first-order valence-corrected chi connectivity index (χ1v) is 8.93. The number of nitrogens with one attached hydrogen (secondary N) is 1. The molecule has 146 valence electrons. The van der Waals surface area contributed by atoms with E-state index in [4.69, 9.17) is 4.74 Å². The highest BCUT2D eigenvalue weighted by molar-refractivity contribution is 5.73. The summed E-state index contributed by atoms with van der Waals surface area (Å²) in [7, 11) is 3.21. The predicted octanol–water partition coefficient (Wildman–Crippen LogP) is 2.99. The molecule has 0 aliphatic carbocycles. The summed E-state index contributed by atoms with van der Waals surface area (Å²) in [6.07, 6.45) is 5.47. The fourth-order valence-corrected chi connectivity index (χ4v) is 2.85. The van der Waals surface area contributed by atoms with Crippen molar-refractivity contribution in [3.8, 4) is 11.5 Å². The van der Waals surface area contributed by atoms with E-state index in [0.717, 1.165) is 17.7 Å². The van der Waals surface area contributed by atoms with E-state index in [0.29, 0.717) is 18.8 Å². The van der Waals surface area contributed by atoms with Crippen LogP contribution in [0.2, 0.25) is 0 Å². The maximum Gasteiger partial charge on any atom is 0.317 e. The second kappa shape index (κ2) is 8.94. The highest BCUT2D eigenvalue weighted by atomic mass is 16.5. The standard InChI is InChI=1S/C21H24N4O3/c1-24(13-18-7-8-20(28-2)19(26)11-18)21(27)23-12-16-3-5-17(6-4-16)14-25-10-9-22-15-25/h3-11,15,26H,12-14H2,1-2H3,(H,23,27). The van der Waals surface area contributed by atoms with Gasteiger partial charge in [0.05, 0.1) is 13.4 Å². The number of benzene rings is 2. The summed E-state index contributed by atoms with van der Waals surface area (Å²) in [5.74, 6) is 0.469. The quantitative estimate of drug-likeness (QED) is 0.660. The number of amides is 2. The molecule has 2 amide bonds. The molecule has 0 radical (unpaired) electrons. The van der Waals surface area contributed by atoms with Crippen LogP contribution >= 0.6 is 0 Å². The molecule has 0 aliphatic rings. The Labute approximate surface area is 164 Å². The number of carbonyl (C=O) groups is 1. The van der Waals surface area contributed by atoms with Crippen LogP contribution in [-0.2, 0) is 19.6 Å². The van der Waals surface area contributed by atoms with Crippen LogP contribution in [0, 0.1) is 0 Å². The lowest BCUT2D eigenvalue weighted by atomic mass is 10.1. The Bertz CT molecular complexity index is 908. The molecule has 28 heavy (non-hydrogen) atoms. The summed E-state index contributed by atoms with van der Waals surface area (Å²) in [4.78, 5) is 17.9. The highest BCUT2D eigenvalue weighted by Crippen LogP contribution is 2.26. The van der Waals surface area contributed by atoms with Crippen LogP contribution < -0.4 is 10.1 Å². The molecule has 2 N–H and O–H groups in total. The Morgan fingerprint density at radius 3 is 2.54 bits per heavy atom. The number of rotatable bonds is 7. The van der Waals surface area contributed by atoms with E-state index < -0.39 is 0 Å². The third kappa shape index (κ3) is 5.03.